The van der Waals surface area contributed by atoms with Gasteiger partial charge in [-0.2, -0.15) is 4.31 Å². The Morgan fingerprint density at radius 2 is 1.83 bits per heavy atom. The summed E-state index contributed by atoms with van der Waals surface area (Å²) in [5.74, 6) is -2.39. The molecule has 0 unspecified atom stereocenters. The Kier molecular flexibility index (Phi) is 7.13. The van der Waals surface area contributed by atoms with Crippen LogP contribution < -0.4 is 10.6 Å². The first-order valence-electron chi connectivity index (χ1n) is 9.03. The highest BCUT2D eigenvalue weighted by Crippen LogP contribution is 2.21. The first kappa shape index (κ1) is 22.3. The number of thiophene rings is 1. The molecule has 162 valence electrons. The van der Waals surface area contributed by atoms with Gasteiger partial charge in [-0.05, 0) is 29.6 Å². The second-order valence-electron chi connectivity index (χ2n) is 6.57. The molecule has 12 heteroatoms. The number of carbonyl (C=O) groups excluding carboxylic acids is 2. The van der Waals surface area contributed by atoms with E-state index in [9.17, 15) is 26.8 Å². The predicted molar refractivity (Wildman–Crippen MR) is 106 cm³/mol. The van der Waals surface area contributed by atoms with E-state index in [1.54, 1.807) is 4.90 Å². The lowest BCUT2D eigenvalue weighted by molar-refractivity contribution is -0.121. The highest BCUT2D eigenvalue weighted by Gasteiger charge is 2.31. The van der Waals surface area contributed by atoms with E-state index in [0.29, 0.717) is 12.6 Å². The quantitative estimate of drug-likeness (QED) is 0.681. The van der Waals surface area contributed by atoms with E-state index in [1.165, 1.54) is 11.3 Å². The highest BCUT2D eigenvalue weighted by molar-refractivity contribution is 7.89. The second kappa shape index (κ2) is 9.60. The Labute approximate surface area is 176 Å². The van der Waals surface area contributed by atoms with Gasteiger partial charge in [0.05, 0.1) is 13.1 Å². The largest absolute Gasteiger partial charge is 0.333 e. The molecule has 1 aromatic carbocycles. The number of urea groups is 1. The fourth-order valence-electron chi connectivity index (χ4n) is 2.94. The highest BCUT2D eigenvalue weighted by atomic mass is 32.2. The molecule has 0 spiro atoms. The Balaban J connectivity index is 1.47. The smallest absolute Gasteiger partial charge is 0.321 e. The Morgan fingerprint density at radius 1 is 1.10 bits per heavy atom. The van der Waals surface area contributed by atoms with Crippen molar-refractivity contribution in [1.82, 2.24) is 19.8 Å². The third kappa shape index (κ3) is 5.59. The summed E-state index contributed by atoms with van der Waals surface area (Å²) in [6, 6.07) is 5.37. The first-order valence-corrected chi connectivity index (χ1v) is 11.4. The van der Waals surface area contributed by atoms with Gasteiger partial charge in [0, 0.05) is 31.1 Å². The summed E-state index contributed by atoms with van der Waals surface area (Å²) in [7, 11) is -4.19. The number of benzene rings is 1. The van der Waals surface area contributed by atoms with Crippen LogP contribution in [0.3, 0.4) is 0 Å². The fourth-order valence-corrected chi connectivity index (χ4v) is 5.08. The maximum Gasteiger partial charge on any atom is 0.321 e. The number of rotatable bonds is 6. The molecule has 2 aromatic rings. The van der Waals surface area contributed by atoms with Gasteiger partial charge < -0.3 is 5.32 Å². The third-order valence-corrected chi connectivity index (χ3v) is 7.26. The molecular weight excluding hydrogens is 438 g/mol. The van der Waals surface area contributed by atoms with Gasteiger partial charge in [-0.1, -0.05) is 6.07 Å². The van der Waals surface area contributed by atoms with E-state index in [4.69, 9.17) is 0 Å². The van der Waals surface area contributed by atoms with Crippen LogP contribution in [0.15, 0.2) is 40.6 Å². The standard InChI is InChI=1S/C18H20F2N4O4S2/c19-13-3-4-15(20)16(10-13)30(27,28)24-7-5-23(6-8-24)12-17(25)22-18(26)21-11-14-2-1-9-29-14/h1-4,9-10H,5-8,11-12H2,(H2,21,22,25,26). The van der Waals surface area contributed by atoms with Gasteiger partial charge in [0.2, 0.25) is 15.9 Å². The van der Waals surface area contributed by atoms with Gasteiger partial charge in [-0.25, -0.2) is 22.0 Å². The number of imide groups is 1. The van der Waals surface area contributed by atoms with E-state index in [-0.39, 0.29) is 32.7 Å². The minimum Gasteiger partial charge on any atom is -0.333 e. The summed E-state index contributed by atoms with van der Waals surface area (Å²) < 4.78 is 53.4. The molecule has 0 bridgehead atoms. The second-order valence-corrected chi connectivity index (χ2v) is 9.50. The van der Waals surface area contributed by atoms with Crippen LogP contribution in [0.4, 0.5) is 13.6 Å². The SMILES string of the molecule is O=C(CN1CCN(S(=O)(=O)c2cc(F)ccc2F)CC1)NC(=O)NCc1cccs1. The molecular formula is C18H20F2N4O4S2. The van der Waals surface area contributed by atoms with Gasteiger partial charge in [0.15, 0.2) is 0 Å². The molecule has 1 aliphatic rings. The van der Waals surface area contributed by atoms with Crippen molar-refractivity contribution >= 4 is 33.3 Å². The summed E-state index contributed by atoms with van der Waals surface area (Å²) in [5, 5.41) is 6.67. The fraction of sp³-hybridized carbons (Fsp3) is 0.333. The van der Waals surface area contributed by atoms with Crippen LogP contribution in [0, 0.1) is 11.6 Å². The molecule has 1 saturated heterocycles. The Hall–Kier alpha value is -2.41. The zero-order valence-corrected chi connectivity index (χ0v) is 17.4. The molecule has 30 heavy (non-hydrogen) atoms. The molecule has 3 rings (SSSR count). The maximum atomic E-state index is 13.9. The molecule has 1 aliphatic heterocycles. The van der Waals surface area contributed by atoms with E-state index >= 15 is 0 Å². The minimum absolute atomic E-state index is 0.0101. The minimum atomic E-state index is -4.19. The van der Waals surface area contributed by atoms with E-state index in [1.807, 2.05) is 17.5 Å². The van der Waals surface area contributed by atoms with Crippen LogP contribution in [0.25, 0.3) is 0 Å². The molecule has 0 aliphatic carbocycles. The zero-order chi connectivity index (χ0) is 21.7. The summed E-state index contributed by atoms with van der Waals surface area (Å²) in [6.07, 6.45) is 0. The molecule has 0 atom stereocenters. The summed E-state index contributed by atoms with van der Waals surface area (Å²) >= 11 is 1.48. The average molecular weight is 459 g/mol. The summed E-state index contributed by atoms with van der Waals surface area (Å²) in [6.45, 7) is 0.658. The van der Waals surface area contributed by atoms with Crippen molar-refractivity contribution in [3.63, 3.8) is 0 Å². The normalized spacial score (nSPS) is 15.7. The first-order chi connectivity index (χ1) is 14.3. The number of nitrogens with zero attached hydrogens (tertiary/aromatic N) is 2. The van der Waals surface area contributed by atoms with Crippen molar-refractivity contribution in [1.29, 1.82) is 0 Å². The number of nitrogens with one attached hydrogen (secondary N) is 2. The number of hydrogen-bond acceptors (Lipinski definition) is 6. The topological polar surface area (TPSA) is 98.8 Å². The van der Waals surface area contributed by atoms with E-state index in [0.717, 1.165) is 21.3 Å². The van der Waals surface area contributed by atoms with Crippen molar-refractivity contribution in [2.24, 2.45) is 0 Å². The van der Waals surface area contributed by atoms with Crippen LogP contribution in [-0.2, 0) is 21.4 Å². The molecule has 3 amide bonds. The van der Waals surface area contributed by atoms with E-state index < -0.39 is 38.5 Å². The monoisotopic (exact) mass is 458 g/mol. The lowest BCUT2D eigenvalue weighted by atomic mass is 10.3. The molecule has 1 aromatic heterocycles. The van der Waals surface area contributed by atoms with Crippen molar-refractivity contribution in [2.45, 2.75) is 11.4 Å². The molecule has 0 radical (unpaired) electrons. The number of amides is 3. The van der Waals surface area contributed by atoms with Crippen molar-refractivity contribution < 1.29 is 26.8 Å². The van der Waals surface area contributed by atoms with Crippen molar-refractivity contribution in [2.75, 3.05) is 32.7 Å². The molecule has 2 heterocycles. The number of sulfonamides is 1. The molecule has 1 fully saturated rings. The lowest BCUT2D eigenvalue weighted by Crippen LogP contribution is -2.52. The van der Waals surface area contributed by atoms with Gasteiger partial charge in [-0.3, -0.25) is 15.0 Å². The van der Waals surface area contributed by atoms with Gasteiger partial charge >= 0.3 is 6.03 Å². The van der Waals surface area contributed by atoms with Gasteiger partial charge in [-0.15, -0.1) is 11.3 Å². The third-order valence-electron chi connectivity index (χ3n) is 4.47. The number of carbonyl (C=O) groups is 2. The summed E-state index contributed by atoms with van der Waals surface area (Å²) in [4.78, 5) is 25.7. The number of piperazine rings is 1. The van der Waals surface area contributed by atoms with Crippen LogP contribution >= 0.6 is 11.3 Å². The molecule has 0 saturated carbocycles. The maximum absolute atomic E-state index is 13.9. The predicted octanol–water partition coefficient (Wildman–Crippen LogP) is 1.36. The van der Waals surface area contributed by atoms with Crippen LogP contribution in [-0.4, -0.2) is 62.3 Å². The molecule has 8 nitrogen and oxygen atoms in total. The number of halogens is 2. The molecule has 2 N–H and O–H groups in total. The number of hydrogen-bond donors (Lipinski definition) is 2. The van der Waals surface area contributed by atoms with Crippen LogP contribution in [0.5, 0.6) is 0 Å². The average Bonchev–Trinajstić information content (AvgIpc) is 3.22. The zero-order valence-electron chi connectivity index (χ0n) is 15.8. The van der Waals surface area contributed by atoms with E-state index in [2.05, 4.69) is 10.6 Å². The van der Waals surface area contributed by atoms with Crippen LogP contribution in [0.2, 0.25) is 0 Å². The van der Waals surface area contributed by atoms with Gasteiger partial charge in [0.1, 0.15) is 16.5 Å². The van der Waals surface area contributed by atoms with Gasteiger partial charge in [0.25, 0.3) is 0 Å². The summed E-state index contributed by atoms with van der Waals surface area (Å²) in [5.41, 5.74) is 0. The lowest BCUT2D eigenvalue weighted by Gasteiger charge is -2.33. The Bertz CT molecular complexity index is 1010. The van der Waals surface area contributed by atoms with Crippen molar-refractivity contribution in [3.8, 4) is 0 Å². The van der Waals surface area contributed by atoms with Crippen molar-refractivity contribution in [3.05, 3.63) is 52.2 Å². The van der Waals surface area contributed by atoms with Crippen LogP contribution in [0.1, 0.15) is 4.88 Å². The Morgan fingerprint density at radius 3 is 2.50 bits per heavy atom.